The summed E-state index contributed by atoms with van der Waals surface area (Å²) in [5.74, 6) is 1.29. The van der Waals surface area contributed by atoms with E-state index in [-0.39, 0.29) is 11.8 Å². The molecule has 0 aliphatic carbocycles. The Morgan fingerprint density at radius 1 is 1.29 bits per heavy atom. The van der Waals surface area contributed by atoms with Crippen molar-refractivity contribution in [2.45, 2.75) is 32.0 Å². The van der Waals surface area contributed by atoms with Gasteiger partial charge in [-0.2, -0.15) is 0 Å². The number of nitrogens with one attached hydrogen (secondary N) is 1. The Hall–Kier alpha value is -2.64. The molecule has 1 saturated heterocycles. The maximum Gasteiger partial charge on any atom is 0.237 e. The Labute approximate surface area is 165 Å². The summed E-state index contributed by atoms with van der Waals surface area (Å²) in [6.45, 7) is 2.13. The third kappa shape index (κ3) is 5.43. The van der Waals surface area contributed by atoms with E-state index in [4.69, 9.17) is 19.9 Å². The highest BCUT2D eigenvalue weighted by Gasteiger charge is 2.26. The molecule has 2 aromatic rings. The average Bonchev–Trinajstić information content (AvgIpc) is 2.77. The van der Waals surface area contributed by atoms with Crippen molar-refractivity contribution in [2.24, 2.45) is 11.7 Å². The number of methoxy groups -OCH3 is 1. The van der Waals surface area contributed by atoms with Crippen molar-refractivity contribution in [3.63, 3.8) is 0 Å². The molecular formula is C21H27N3O4. The van der Waals surface area contributed by atoms with Crippen LogP contribution in [-0.4, -0.2) is 37.3 Å². The van der Waals surface area contributed by atoms with E-state index in [9.17, 15) is 4.79 Å². The van der Waals surface area contributed by atoms with Gasteiger partial charge in [0.2, 0.25) is 5.91 Å². The van der Waals surface area contributed by atoms with Gasteiger partial charge in [-0.3, -0.25) is 9.78 Å². The Balaban J connectivity index is 1.54. The van der Waals surface area contributed by atoms with Gasteiger partial charge < -0.3 is 25.3 Å². The lowest BCUT2D eigenvalue weighted by Gasteiger charge is -2.26. The fourth-order valence-electron chi connectivity index (χ4n) is 3.18. The molecule has 28 heavy (non-hydrogen) atoms. The van der Waals surface area contributed by atoms with Crippen LogP contribution in [0, 0.1) is 5.92 Å². The van der Waals surface area contributed by atoms with Gasteiger partial charge in [-0.05, 0) is 42.5 Å². The van der Waals surface area contributed by atoms with Crippen LogP contribution in [0.15, 0.2) is 42.7 Å². The standard InChI is InChI=1S/C21H27N3O4/c1-26-19-11-15(4-5-18(19)28-14-16-3-2-8-23-12-16)13-24-21(25)20(22)17-6-9-27-10-7-17/h2-5,8,11-12,17,20H,6-7,9-10,13-14,22H2,1H3,(H,24,25). The van der Waals surface area contributed by atoms with Crippen LogP contribution in [0.3, 0.4) is 0 Å². The average molecular weight is 385 g/mol. The fraction of sp³-hybridized carbons (Fsp3) is 0.429. The second-order valence-electron chi connectivity index (χ2n) is 6.83. The molecule has 0 radical (unpaired) electrons. The molecule has 0 bridgehead atoms. The molecule has 1 atom stereocenters. The first-order valence-corrected chi connectivity index (χ1v) is 9.47. The summed E-state index contributed by atoms with van der Waals surface area (Å²) < 4.78 is 16.6. The van der Waals surface area contributed by atoms with Gasteiger partial charge in [-0.1, -0.05) is 12.1 Å². The fourth-order valence-corrected chi connectivity index (χ4v) is 3.18. The number of rotatable bonds is 8. The second-order valence-corrected chi connectivity index (χ2v) is 6.83. The predicted molar refractivity (Wildman–Crippen MR) is 105 cm³/mol. The van der Waals surface area contributed by atoms with Crippen LogP contribution < -0.4 is 20.5 Å². The minimum absolute atomic E-state index is 0.136. The van der Waals surface area contributed by atoms with E-state index >= 15 is 0 Å². The van der Waals surface area contributed by atoms with Gasteiger partial charge in [-0.15, -0.1) is 0 Å². The van der Waals surface area contributed by atoms with Crippen molar-refractivity contribution < 1.29 is 19.0 Å². The topological polar surface area (TPSA) is 95.7 Å². The molecule has 1 aliphatic heterocycles. The molecule has 0 spiro atoms. The van der Waals surface area contributed by atoms with E-state index in [0.717, 1.165) is 24.0 Å². The van der Waals surface area contributed by atoms with Crippen LogP contribution in [0.5, 0.6) is 11.5 Å². The Bertz CT molecular complexity index is 764. The Kier molecular flexibility index (Phi) is 7.22. The van der Waals surface area contributed by atoms with Crippen LogP contribution >= 0.6 is 0 Å². The molecule has 1 aromatic heterocycles. The molecule has 1 aromatic carbocycles. The summed E-state index contributed by atoms with van der Waals surface area (Å²) >= 11 is 0. The molecule has 1 aliphatic rings. The first-order chi connectivity index (χ1) is 13.7. The summed E-state index contributed by atoms with van der Waals surface area (Å²) in [7, 11) is 1.59. The van der Waals surface area contributed by atoms with Crippen LogP contribution in [0.25, 0.3) is 0 Å². The normalized spacial score (nSPS) is 15.6. The minimum Gasteiger partial charge on any atom is -0.493 e. The maximum absolute atomic E-state index is 12.4. The smallest absolute Gasteiger partial charge is 0.237 e. The summed E-state index contributed by atoms with van der Waals surface area (Å²) in [4.78, 5) is 16.4. The number of ether oxygens (including phenoxy) is 3. The molecule has 0 saturated carbocycles. The van der Waals surface area contributed by atoms with Crippen molar-refractivity contribution in [1.29, 1.82) is 0 Å². The number of nitrogens with two attached hydrogens (primary N) is 1. The monoisotopic (exact) mass is 385 g/mol. The van der Waals surface area contributed by atoms with Crippen molar-refractivity contribution in [3.8, 4) is 11.5 Å². The lowest BCUT2D eigenvalue weighted by Crippen LogP contribution is -2.46. The van der Waals surface area contributed by atoms with Crippen molar-refractivity contribution >= 4 is 5.91 Å². The van der Waals surface area contributed by atoms with Crippen molar-refractivity contribution in [2.75, 3.05) is 20.3 Å². The number of hydrogen-bond acceptors (Lipinski definition) is 6. The highest BCUT2D eigenvalue weighted by atomic mass is 16.5. The Morgan fingerprint density at radius 2 is 2.11 bits per heavy atom. The van der Waals surface area contributed by atoms with E-state index in [0.29, 0.717) is 37.9 Å². The van der Waals surface area contributed by atoms with Gasteiger partial charge in [0.15, 0.2) is 11.5 Å². The summed E-state index contributed by atoms with van der Waals surface area (Å²) in [6.07, 6.45) is 5.13. The van der Waals surface area contributed by atoms with Crippen LogP contribution in [0.2, 0.25) is 0 Å². The molecule has 3 rings (SSSR count). The van der Waals surface area contributed by atoms with Crippen molar-refractivity contribution in [1.82, 2.24) is 10.3 Å². The number of hydrogen-bond donors (Lipinski definition) is 2. The van der Waals surface area contributed by atoms with E-state index in [1.54, 1.807) is 19.5 Å². The zero-order chi connectivity index (χ0) is 19.8. The molecule has 7 nitrogen and oxygen atoms in total. The van der Waals surface area contributed by atoms with Crippen LogP contribution in [-0.2, 0) is 22.7 Å². The highest BCUT2D eigenvalue weighted by Crippen LogP contribution is 2.29. The molecular weight excluding hydrogens is 358 g/mol. The first-order valence-electron chi connectivity index (χ1n) is 9.47. The van der Waals surface area contributed by atoms with E-state index in [1.807, 2.05) is 30.3 Å². The second kappa shape index (κ2) is 10.1. The Morgan fingerprint density at radius 3 is 2.82 bits per heavy atom. The lowest BCUT2D eigenvalue weighted by atomic mass is 9.92. The maximum atomic E-state index is 12.4. The van der Waals surface area contributed by atoms with E-state index in [1.165, 1.54) is 0 Å². The lowest BCUT2D eigenvalue weighted by molar-refractivity contribution is -0.124. The molecule has 2 heterocycles. The predicted octanol–water partition coefficient (Wildman–Crippen LogP) is 2.04. The minimum atomic E-state index is -0.507. The summed E-state index contributed by atoms with van der Waals surface area (Å²) in [5, 5.41) is 2.92. The molecule has 3 N–H and O–H groups in total. The number of nitrogens with zero attached hydrogens (tertiary/aromatic N) is 1. The number of carbonyl (C=O) groups is 1. The molecule has 7 heteroatoms. The van der Waals surface area contributed by atoms with Crippen LogP contribution in [0.1, 0.15) is 24.0 Å². The van der Waals surface area contributed by atoms with Gasteiger partial charge in [0.1, 0.15) is 6.61 Å². The number of benzene rings is 1. The zero-order valence-electron chi connectivity index (χ0n) is 16.1. The molecule has 1 fully saturated rings. The summed E-state index contributed by atoms with van der Waals surface area (Å²) in [5.41, 5.74) is 8.00. The largest absolute Gasteiger partial charge is 0.493 e. The number of amides is 1. The quantitative estimate of drug-likeness (QED) is 0.722. The highest BCUT2D eigenvalue weighted by molar-refractivity contribution is 5.81. The van der Waals surface area contributed by atoms with Crippen LogP contribution in [0.4, 0.5) is 0 Å². The zero-order valence-corrected chi connectivity index (χ0v) is 16.1. The number of pyridine rings is 1. The van der Waals surface area contributed by atoms with Crippen molar-refractivity contribution in [3.05, 3.63) is 53.9 Å². The van der Waals surface area contributed by atoms with E-state index in [2.05, 4.69) is 10.3 Å². The van der Waals surface area contributed by atoms with E-state index < -0.39 is 6.04 Å². The molecule has 1 amide bonds. The molecule has 150 valence electrons. The number of carbonyl (C=O) groups excluding carboxylic acids is 1. The number of aromatic nitrogens is 1. The molecule has 1 unspecified atom stereocenters. The van der Waals surface area contributed by atoms with Gasteiger partial charge in [0.25, 0.3) is 0 Å². The first kappa shape index (κ1) is 20.1. The van der Waals surface area contributed by atoms with Gasteiger partial charge in [-0.25, -0.2) is 0 Å². The third-order valence-corrected chi connectivity index (χ3v) is 4.89. The van der Waals surface area contributed by atoms with Gasteiger partial charge >= 0.3 is 0 Å². The van der Waals surface area contributed by atoms with Gasteiger partial charge in [0, 0.05) is 37.7 Å². The van der Waals surface area contributed by atoms with Gasteiger partial charge in [0.05, 0.1) is 13.2 Å². The SMILES string of the molecule is COc1cc(CNC(=O)C(N)C2CCOCC2)ccc1OCc1cccnc1. The summed E-state index contributed by atoms with van der Waals surface area (Å²) in [6, 6.07) is 8.92. The third-order valence-electron chi connectivity index (χ3n) is 4.89.